The van der Waals surface area contributed by atoms with Gasteiger partial charge in [0.1, 0.15) is 0 Å². The molecule has 0 radical (unpaired) electrons. The van der Waals surface area contributed by atoms with E-state index in [1.165, 1.54) is 0 Å². The van der Waals surface area contributed by atoms with Crippen molar-refractivity contribution < 1.29 is 9.90 Å². The molecule has 4 heteroatoms. The number of carbonyl (C=O) groups is 1. The van der Waals surface area contributed by atoms with Crippen LogP contribution in [0, 0.1) is 5.92 Å². The number of aliphatic hydroxyl groups is 1. The first kappa shape index (κ1) is 6.51. The SMILES string of the molecule is C[C@H](O)[C@H]1CNNC1=O. The number of amides is 1. The van der Waals surface area contributed by atoms with Gasteiger partial charge in [-0.15, -0.1) is 0 Å². The highest BCUT2D eigenvalue weighted by Gasteiger charge is 2.27. The number of hydrogen-bond acceptors (Lipinski definition) is 3. The van der Waals surface area contributed by atoms with Gasteiger partial charge in [-0.25, -0.2) is 5.43 Å². The normalized spacial score (nSPS) is 30.0. The highest BCUT2D eigenvalue weighted by Crippen LogP contribution is 2.04. The summed E-state index contributed by atoms with van der Waals surface area (Å²) in [6, 6.07) is 0. The molecule has 1 fully saturated rings. The van der Waals surface area contributed by atoms with Crippen LogP contribution in [0.5, 0.6) is 0 Å². The lowest BCUT2D eigenvalue weighted by Gasteiger charge is -2.06. The summed E-state index contributed by atoms with van der Waals surface area (Å²) in [4.78, 5) is 10.7. The monoisotopic (exact) mass is 130 g/mol. The Morgan fingerprint density at radius 2 is 2.56 bits per heavy atom. The van der Waals surface area contributed by atoms with Crippen molar-refractivity contribution >= 4 is 5.91 Å². The van der Waals surface area contributed by atoms with E-state index in [9.17, 15) is 4.79 Å². The smallest absolute Gasteiger partial charge is 0.241 e. The fraction of sp³-hybridized carbons (Fsp3) is 0.800. The van der Waals surface area contributed by atoms with Gasteiger partial charge >= 0.3 is 0 Å². The maximum Gasteiger partial charge on any atom is 0.241 e. The molecule has 0 aromatic heterocycles. The number of aliphatic hydroxyl groups excluding tert-OH is 1. The summed E-state index contributed by atoms with van der Waals surface area (Å²) < 4.78 is 0. The van der Waals surface area contributed by atoms with Crippen LogP contribution >= 0.6 is 0 Å². The minimum absolute atomic E-state index is 0.120. The standard InChI is InChI=1S/C5H10N2O2/c1-3(8)4-2-6-7-5(4)9/h3-4,6,8H,2H2,1H3,(H,7,9)/t3-,4+/m0/s1. The number of carbonyl (C=O) groups excluding carboxylic acids is 1. The maximum atomic E-state index is 10.7. The topological polar surface area (TPSA) is 61.4 Å². The van der Waals surface area contributed by atoms with Gasteiger partial charge in [0.15, 0.2) is 0 Å². The van der Waals surface area contributed by atoms with Crippen molar-refractivity contribution in [2.75, 3.05) is 6.54 Å². The average molecular weight is 130 g/mol. The predicted molar refractivity (Wildman–Crippen MR) is 31.3 cm³/mol. The first-order chi connectivity index (χ1) is 4.22. The molecule has 1 saturated heterocycles. The Balaban J connectivity index is 2.49. The van der Waals surface area contributed by atoms with Crippen LogP contribution in [0.2, 0.25) is 0 Å². The summed E-state index contributed by atoms with van der Waals surface area (Å²) in [6.07, 6.45) is -0.556. The van der Waals surface area contributed by atoms with Crippen LogP contribution in [0.1, 0.15) is 6.92 Å². The predicted octanol–water partition coefficient (Wildman–Crippen LogP) is -1.38. The number of nitrogens with one attached hydrogen (secondary N) is 2. The van der Waals surface area contributed by atoms with E-state index in [0.29, 0.717) is 6.54 Å². The highest BCUT2D eigenvalue weighted by molar-refractivity contribution is 5.80. The molecule has 1 rings (SSSR count). The lowest BCUT2D eigenvalue weighted by molar-refractivity contribution is -0.125. The fourth-order valence-corrected chi connectivity index (χ4v) is 0.823. The van der Waals surface area contributed by atoms with Gasteiger partial charge in [-0.3, -0.25) is 10.2 Å². The molecule has 0 unspecified atom stereocenters. The van der Waals surface area contributed by atoms with Crippen LogP contribution in [-0.4, -0.2) is 23.7 Å². The maximum absolute atomic E-state index is 10.7. The van der Waals surface area contributed by atoms with E-state index in [1.54, 1.807) is 6.92 Å². The zero-order chi connectivity index (χ0) is 6.85. The summed E-state index contributed by atoms with van der Waals surface area (Å²) >= 11 is 0. The summed E-state index contributed by atoms with van der Waals surface area (Å²) in [5.41, 5.74) is 5.05. The Morgan fingerprint density at radius 1 is 1.89 bits per heavy atom. The van der Waals surface area contributed by atoms with Gasteiger partial charge in [-0.05, 0) is 6.92 Å². The van der Waals surface area contributed by atoms with Gasteiger partial charge < -0.3 is 5.11 Å². The highest BCUT2D eigenvalue weighted by atomic mass is 16.3. The molecule has 2 atom stereocenters. The first-order valence-corrected chi connectivity index (χ1v) is 2.92. The molecule has 4 nitrogen and oxygen atoms in total. The number of hydrazine groups is 1. The molecule has 9 heavy (non-hydrogen) atoms. The summed E-state index contributed by atoms with van der Waals surface area (Å²) in [5.74, 6) is -0.394. The molecule has 1 aliphatic rings. The Labute approximate surface area is 53.2 Å². The molecule has 0 bridgehead atoms. The van der Waals surface area contributed by atoms with Gasteiger partial charge in [0.05, 0.1) is 12.0 Å². The van der Waals surface area contributed by atoms with Gasteiger partial charge in [0.25, 0.3) is 0 Å². The van der Waals surface area contributed by atoms with Gasteiger partial charge in [0, 0.05) is 6.54 Å². The number of rotatable bonds is 1. The van der Waals surface area contributed by atoms with E-state index < -0.39 is 6.10 Å². The molecule has 0 spiro atoms. The molecular weight excluding hydrogens is 120 g/mol. The van der Waals surface area contributed by atoms with E-state index in [4.69, 9.17) is 5.11 Å². The van der Waals surface area contributed by atoms with E-state index in [1.807, 2.05) is 0 Å². The van der Waals surface area contributed by atoms with Crippen LogP contribution in [0.4, 0.5) is 0 Å². The van der Waals surface area contributed by atoms with E-state index in [0.717, 1.165) is 0 Å². The first-order valence-electron chi connectivity index (χ1n) is 2.92. The molecule has 0 aromatic rings. The minimum Gasteiger partial charge on any atom is -0.393 e. The lowest BCUT2D eigenvalue weighted by Crippen LogP contribution is -2.28. The zero-order valence-electron chi connectivity index (χ0n) is 5.22. The van der Waals surface area contributed by atoms with Crippen LogP contribution in [0.25, 0.3) is 0 Å². The van der Waals surface area contributed by atoms with Crippen LogP contribution < -0.4 is 10.9 Å². The molecular formula is C5H10N2O2. The van der Waals surface area contributed by atoms with Crippen LogP contribution in [-0.2, 0) is 4.79 Å². The molecule has 52 valence electrons. The minimum atomic E-state index is -0.556. The lowest BCUT2D eigenvalue weighted by atomic mass is 10.1. The molecule has 1 aliphatic heterocycles. The van der Waals surface area contributed by atoms with E-state index in [2.05, 4.69) is 10.9 Å². The van der Waals surface area contributed by atoms with Gasteiger partial charge in [-0.1, -0.05) is 0 Å². The van der Waals surface area contributed by atoms with Crippen molar-refractivity contribution in [3.63, 3.8) is 0 Å². The second-order valence-electron chi connectivity index (χ2n) is 2.22. The molecule has 0 aromatic carbocycles. The quantitative estimate of drug-likeness (QED) is 0.410. The van der Waals surface area contributed by atoms with E-state index >= 15 is 0 Å². The Bertz CT molecular complexity index is 124. The second kappa shape index (κ2) is 2.33. The molecule has 1 heterocycles. The van der Waals surface area contributed by atoms with Gasteiger partial charge in [-0.2, -0.15) is 0 Å². The summed E-state index contributed by atoms with van der Waals surface area (Å²) in [7, 11) is 0. The van der Waals surface area contributed by atoms with Crippen molar-refractivity contribution in [3.05, 3.63) is 0 Å². The van der Waals surface area contributed by atoms with Crippen LogP contribution in [0.3, 0.4) is 0 Å². The summed E-state index contributed by atoms with van der Waals surface area (Å²) in [5, 5.41) is 8.92. The fourth-order valence-electron chi connectivity index (χ4n) is 0.823. The third kappa shape index (κ3) is 1.20. The van der Waals surface area contributed by atoms with Crippen molar-refractivity contribution in [3.8, 4) is 0 Å². The summed E-state index contributed by atoms with van der Waals surface area (Å²) in [6.45, 7) is 2.13. The van der Waals surface area contributed by atoms with Crippen molar-refractivity contribution in [2.24, 2.45) is 5.92 Å². The molecule has 0 saturated carbocycles. The molecule has 1 amide bonds. The second-order valence-corrected chi connectivity index (χ2v) is 2.22. The molecule has 3 N–H and O–H groups in total. The van der Waals surface area contributed by atoms with Crippen molar-refractivity contribution in [1.29, 1.82) is 0 Å². The Morgan fingerprint density at radius 3 is 2.78 bits per heavy atom. The van der Waals surface area contributed by atoms with Crippen molar-refractivity contribution in [2.45, 2.75) is 13.0 Å². The largest absolute Gasteiger partial charge is 0.393 e. The van der Waals surface area contributed by atoms with Gasteiger partial charge in [0.2, 0.25) is 5.91 Å². The van der Waals surface area contributed by atoms with Crippen LogP contribution in [0.15, 0.2) is 0 Å². The van der Waals surface area contributed by atoms with Crippen molar-refractivity contribution in [1.82, 2.24) is 10.9 Å². The number of hydrogen-bond donors (Lipinski definition) is 3. The molecule has 0 aliphatic carbocycles. The zero-order valence-corrected chi connectivity index (χ0v) is 5.22. The Kier molecular flexibility index (Phi) is 1.68. The average Bonchev–Trinajstić information content (AvgIpc) is 2.13. The third-order valence-corrected chi connectivity index (χ3v) is 1.45. The third-order valence-electron chi connectivity index (χ3n) is 1.45. The van der Waals surface area contributed by atoms with E-state index in [-0.39, 0.29) is 11.8 Å². The Hall–Kier alpha value is -0.610.